The number of nitrogens with two attached hydrogens (primary N) is 1. The predicted molar refractivity (Wildman–Crippen MR) is 139 cm³/mol. The van der Waals surface area contributed by atoms with Crippen molar-refractivity contribution in [2.45, 2.75) is 44.7 Å². The Bertz CT molecular complexity index is 1130. The lowest BCUT2D eigenvalue weighted by atomic mass is 9.96. The minimum atomic E-state index is -0.467. The quantitative estimate of drug-likeness (QED) is 0.586. The van der Waals surface area contributed by atoms with Crippen molar-refractivity contribution in [3.05, 3.63) is 42.0 Å². The number of carbonyl (C=O) groups excluding carboxylic acids is 2. The van der Waals surface area contributed by atoms with Gasteiger partial charge in [-0.2, -0.15) is 0 Å². The highest BCUT2D eigenvalue weighted by Crippen LogP contribution is 2.39. The Balaban J connectivity index is 1.44. The van der Waals surface area contributed by atoms with Gasteiger partial charge in [-0.15, -0.1) is 0 Å². The van der Waals surface area contributed by atoms with E-state index in [0.29, 0.717) is 42.9 Å². The maximum absolute atomic E-state index is 13.4. The summed E-state index contributed by atoms with van der Waals surface area (Å²) in [6.45, 7) is 5.83. The standard InChI is InChI=1S/C26H34N6O3/c1-16-14-31(26(34)35-21-7-9-23-22(11-21)29-15-30(23)3)25-10-18(4-8-24(25)32(16)17(2)33)19(12-27)13-28-20-5-6-20/h4,7-11,16,19-20,28-29H,5-6,12-15,27H2,1-3H3/t16-,19?/m0/s1. The van der Waals surface area contributed by atoms with Crippen LogP contribution in [0.4, 0.5) is 27.5 Å². The second-order valence-electron chi connectivity index (χ2n) is 9.79. The molecule has 5 rings (SSSR count). The number of anilines is 4. The number of ether oxygens (including phenoxy) is 1. The third-order valence-corrected chi connectivity index (χ3v) is 7.07. The van der Waals surface area contributed by atoms with Gasteiger partial charge >= 0.3 is 6.09 Å². The first kappa shape index (κ1) is 23.4. The first-order valence-corrected chi connectivity index (χ1v) is 12.3. The zero-order chi connectivity index (χ0) is 24.7. The largest absolute Gasteiger partial charge is 0.419 e. The predicted octanol–water partition coefficient (Wildman–Crippen LogP) is 3.06. The van der Waals surface area contributed by atoms with E-state index < -0.39 is 6.09 Å². The van der Waals surface area contributed by atoms with E-state index in [1.54, 1.807) is 22.8 Å². The second kappa shape index (κ2) is 9.39. The molecule has 2 heterocycles. The molecule has 0 saturated heterocycles. The van der Waals surface area contributed by atoms with E-state index in [4.69, 9.17) is 10.5 Å². The van der Waals surface area contributed by atoms with Gasteiger partial charge in [-0.25, -0.2) is 4.79 Å². The van der Waals surface area contributed by atoms with Gasteiger partial charge in [-0.1, -0.05) is 6.07 Å². The van der Waals surface area contributed by atoms with Crippen molar-refractivity contribution in [2.75, 3.05) is 53.4 Å². The number of nitrogens with zero attached hydrogens (tertiary/aromatic N) is 3. The molecular weight excluding hydrogens is 444 g/mol. The van der Waals surface area contributed by atoms with Crippen molar-refractivity contribution in [2.24, 2.45) is 5.73 Å². The van der Waals surface area contributed by atoms with Crippen molar-refractivity contribution >= 4 is 34.7 Å². The Morgan fingerprint density at radius 2 is 1.94 bits per heavy atom. The first-order valence-electron chi connectivity index (χ1n) is 12.3. The number of nitrogens with one attached hydrogen (secondary N) is 2. The number of amides is 2. The van der Waals surface area contributed by atoms with Gasteiger partial charge in [0.25, 0.3) is 0 Å². The average Bonchev–Trinajstić information content (AvgIpc) is 3.60. The minimum absolute atomic E-state index is 0.0564. The first-order chi connectivity index (χ1) is 16.9. The third-order valence-electron chi connectivity index (χ3n) is 7.07. The topological polar surface area (TPSA) is 103 Å². The van der Waals surface area contributed by atoms with E-state index in [-0.39, 0.29) is 17.9 Å². The monoisotopic (exact) mass is 478 g/mol. The highest BCUT2D eigenvalue weighted by molar-refractivity contribution is 6.02. The molecule has 1 saturated carbocycles. The summed E-state index contributed by atoms with van der Waals surface area (Å²) < 4.78 is 5.82. The highest BCUT2D eigenvalue weighted by Gasteiger charge is 2.35. The fraction of sp³-hybridized carbons (Fsp3) is 0.462. The zero-order valence-corrected chi connectivity index (χ0v) is 20.6. The number of fused-ring (bicyclic) bond motifs is 2. The molecule has 3 aliphatic rings. The number of hydrogen-bond donors (Lipinski definition) is 3. The number of rotatable bonds is 6. The van der Waals surface area contributed by atoms with E-state index in [0.717, 1.165) is 23.5 Å². The molecule has 2 amide bonds. The lowest BCUT2D eigenvalue weighted by molar-refractivity contribution is -0.117. The summed E-state index contributed by atoms with van der Waals surface area (Å²) in [5, 5.41) is 6.84. The Hall–Kier alpha value is -3.30. The fourth-order valence-corrected chi connectivity index (χ4v) is 4.98. The summed E-state index contributed by atoms with van der Waals surface area (Å²) in [6.07, 6.45) is 1.95. The number of carbonyl (C=O) groups is 2. The van der Waals surface area contributed by atoms with Crippen LogP contribution in [0.15, 0.2) is 36.4 Å². The summed E-state index contributed by atoms with van der Waals surface area (Å²) in [5.74, 6) is 0.534. The maximum Gasteiger partial charge on any atom is 0.419 e. The van der Waals surface area contributed by atoms with Crippen molar-refractivity contribution in [1.82, 2.24) is 5.32 Å². The fourth-order valence-electron chi connectivity index (χ4n) is 4.98. The maximum atomic E-state index is 13.4. The Morgan fingerprint density at radius 1 is 1.17 bits per heavy atom. The molecule has 0 spiro atoms. The summed E-state index contributed by atoms with van der Waals surface area (Å²) in [4.78, 5) is 31.4. The van der Waals surface area contributed by atoms with Crippen LogP contribution in [0.3, 0.4) is 0 Å². The molecule has 2 atom stereocenters. The second-order valence-corrected chi connectivity index (χ2v) is 9.79. The molecule has 0 radical (unpaired) electrons. The molecule has 2 aromatic carbocycles. The average molecular weight is 479 g/mol. The van der Waals surface area contributed by atoms with Gasteiger partial charge in [0.1, 0.15) is 5.75 Å². The van der Waals surface area contributed by atoms with Crippen molar-refractivity contribution in [3.8, 4) is 5.75 Å². The SMILES string of the molecule is CC(=O)N1c2ccc(C(CN)CNC3CC3)cc2N(C(=O)Oc2ccc3c(c2)NCN3C)C[C@@H]1C. The number of benzene rings is 2. The summed E-state index contributed by atoms with van der Waals surface area (Å²) in [5.41, 5.74) is 10.5. The third kappa shape index (κ3) is 4.66. The van der Waals surface area contributed by atoms with Crippen LogP contribution >= 0.6 is 0 Å². The van der Waals surface area contributed by atoms with Crippen LogP contribution in [0.2, 0.25) is 0 Å². The van der Waals surface area contributed by atoms with Gasteiger partial charge in [-0.05, 0) is 49.6 Å². The molecule has 9 nitrogen and oxygen atoms in total. The zero-order valence-electron chi connectivity index (χ0n) is 20.6. The molecule has 2 aromatic rings. The summed E-state index contributed by atoms with van der Waals surface area (Å²) >= 11 is 0. The smallest absolute Gasteiger partial charge is 0.410 e. The van der Waals surface area contributed by atoms with E-state index >= 15 is 0 Å². The van der Waals surface area contributed by atoms with Crippen LogP contribution in [0.5, 0.6) is 5.75 Å². The van der Waals surface area contributed by atoms with Gasteiger partial charge in [-0.3, -0.25) is 9.69 Å². The number of hydrogen-bond acceptors (Lipinski definition) is 7. The van der Waals surface area contributed by atoms with Gasteiger partial charge in [0.15, 0.2) is 0 Å². The van der Waals surface area contributed by atoms with Crippen LogP contribution in [0.25, 0.3) is 0 Å². The van der Waals surface area contributed by atoms with E-state index in [2.05, 4.69) is 15.5 Å². The van der Waals surface area contributed by atoms with Crippen LogP contribution < -0.4 is 35.8 Å². The minimum Gasteiger partial charge on any atom is -0.410 e. The Labute approximate surface area is 206 Å². The van der Waals surface area contributed by atoms with Gasteiger partial charge in [0.2, 0.25) is 5.91 Å². The molecule has 2 aliphatic heterocycles. The van der Waals surface area contributed by atoms with Crippen LogP contribution in [-0.2, 0) is 4.79 Å². The molecule has 1 aliphatic carbocycles. The Kier molecular flexibility index (Phi) is 6.29. The molecule has 1 unspecified atom stereocenters. The van der Waals surface area contributed by atoms with E-state index in [1.165, 1.54) is 12.8 Å². The molecular formula is C26H34N6O3. The van der Waals surface area contributed by atoms with Crippen molar-refractivity contribution in [3.63, 3.8) is 0 Å². The molecule has 9 heteroatoms. The highest BCUT2D eigenvalue weighted by atomic mass is 16.6. The van der Waals surface area contributed by atoms with E-state index in [9.17, 15) is 9.59 Å². The molecule has 186 valence electrons. The van der Waals surface area contributed by atoms with Crippen molar-refractivity contribution in [1.29, 1.82) is 0 Å². The van der Waals surface area contributed by atoms with Crippen LogP contribution in [0, 0.1) is 0 Å². The molecule has 4 N–H and O–H groups in total. The van der Waals surface area contributed by atoms with Gasteiger partial charge < -0.3 is 30.9 Å². The molecule has 0 bridgehead atoms. The van der Waals surface area contributed by atoms with Crippen LogP contribution in [-0.4, -0.2) is 57.4 Å². The van der Waals surface area contributed by atoms with E-state index in [1.807, 2.05) is 44.3 Å². The molecule has 0 aromatic heterocycles. The van der Waals surface area contributed by atoms with Crippen LogP contribution in [0.1, 0.15) is 38.2 Å². The Morgan fingerprint density at radius 3 is 2.66 bits per heavy atom. The molecule has 1 fully saturated rings. The molecule has 35 heavy (non-hydrogen) atoms. The van der Waals surface area contributed by atoms with Crippen molar-refractivity contribution < 1.29 is 14.3 Å². The van der Waals surface area contributed by atoms with Gasteiger partial charge in [0, 0.05) is 51.6 Å². The van der Waals surface area contributed by atoms with Gasteiger partial charge in [0.05, 0.1) is 35.5 Å². The lowest BCUT2D eigenvalue weighted by Gasteiger charge is -2.40. The summed E-state index contributed by atoms with van der Waals surface area (Å²) in [6, 6.07) is 11.9. The lowest BCUT2D eigenvalue weighted by Crippen LogP contribution is -2.52. The normalized spacial score (nSPS) is 19.7. The summed E-state index contributed by atoms with van der Waals surface area (Å²) in [7, 11) is 2.00.